The van der Waals surface area contributed by atoms with Gasteiger partial charge in [0.25, 0.3) is 6.33 Å². The molecule has 0 amide bonds. The molecule has 0 saturated heterocycles. The maximum absolute atomic E-state index is 12.2. The fourth-order valence-electron chi connectivity index (χ4n) is 5.52. The van der Waals surface area contributed by atoms with Gasteiger partial charge in [0, 0.05) is 23.0 Å². The highest BCUT2D eigenvalue weighted by Crippen LogP contribution is 2.36. The van der Waals surface area contributed by atoms with E-state index in [1.54, 1.807) is 16.7 Å². The second-order valence-corrected chi connectivity index (χ2v) is 11.4. The maximum Gasteiger partial charge on any atom is 0.473 e. The minimum Gasteiger partial charge on any atom is -0.458 e. The molecule has 1 N–H and O–H groups in total. The summed E-state index contributed by atoms with van der Waals surface area (Å²) in [7, 11) is 0. The number of rotatable bonds is 4. The first-order valence-electron chi connectivity index (χ1n) is 13.9. The normalized spacial score (nSPS) is 11.8. The summed E-state index contributed by atoms with van der Waals surface area (Å²) >= 11 is 0. The van der Waals surface area contributed by atoms with Crippen molar-refractivity contribution in [3.05, 3.63) is 121 Å². The molecule has 0 aliphatic rings. The first kappa shape index (κ1) is 26.4. The lowest BCUT2D eigenvalue weighted by Crippen LogP contribution is -2.42. The molecular formula is C35H28N4O4. The highest BCUT2D eigenvalue weighted by Gasteiger charge is 2.19. The van der Waals surface area contributed by atoms with Gasteiger partial charge in [-0.05, 0) is 59.5 Å². The number of pyridine rings is 1. The monoisotopic (exact) mass is 568 g/mol. The third-order valence-electron chi connectivity index (χ3n) is 7.62. The van der Waals surface area contributed by atoms with Gasteiger partial charge in [-0.1, -0.05) is 69.3 Å². The number of para-hydroxylation sites is 3. The van der Waals surface area contributed by atoms with Gasteiger partial charge in [-0.15, -0.1) is 0 Å². The average Bonchev–Trinajstić information content (AvgIpc) is 3.57. The van der Waals surface area contributed by atoms with E-state index in [-0.39, 0.29) is 5.41 Å². The van der Waals surface area contributed by atoms with Crippen LogP contribution in [0.2, 0.25) is 0 Å². The minimum atomic E-state index is -0.950. The Bertz CT molecular complexity index is 2170. The van der Waals surface area contributed by atoms with Crippen LogP contribution in [0.4, 0.5) is 4.79 Å². The van der Waals surface area contributed by atoms with Crippen LogP contribution in [0.25, 0.3) is 44.3 Å². The second-order valence-electron chi connectivity index (χ2n) is 11.4. The van der Waals surface area contributed by atoms with E-state index < -0.39 is 6.09 Å². The van der Waals surface area contributed by atoms with E-state index in [4.69, 9.17) is 15.0 Å². The van der Waals surface area contributed by atoms with Crippen LogP contribution in [-0.4, -0.2) is 25.5 Å². The van der Waals surface area contributed by atoms with Gasteiger partial charge in [-0.3, -0.25) is 14.0 Å². The lowest BCUT2D eigenvalue weighted by Gasteiger charge is -2.20. The second kappa shape index (κ2) is 10.1. The SMILES string of the molecule is CC(C)(C)c1ccnc(-n2c3ccccc3c3ccc(Oc4cccc(-n5[c-][n+](C(=O)OO)c6ccccc65)c4)cc32)c1. The molecule has 4 aromatic carbocycles. The molecule has 7 rings (SSSR count). The molecule has 0 aliphatic heterocycles. The molecular weight excluding hydrogens is 540 g/mol. The molecule has 0 bridgehead atoms. The number of nitrogens with zero attached hydrogens (tertiary/aromatic N) is 4. The lowest BCUT2D eigenvalue weighted by molar-refractivity contribution is -0.578. The molecule has 3 heterocycles. The van der Waals surface area contributed by atoms with Crippen LogP contribution in [-0.2, 0) is 10.3 Å². The van der Waals surface area contributed by atoms with Crippen molar-refractivity contribution < 1.29 is 24.2 Å². The van der Waals surface area contributed by atoms with Crippen molar-refractivity contribution in [2.24, 2.45) is 0 Å². The predicted octanol–water partition coefficient (Wildman–Crippen LogP) is 7.76. The number of benzene rings is 4. The predicted molar refractivity (Wildman–Crippen MR) is 164 cm³/mol. The first-order valence-corrected chi connectivity index (χ1v) is 13.9. The molecule has 3 aromatic heterocycles. The Hall–Kier alpha value is -5.47. The van der Waals surface area contributed by atoms with Gasteiger partial charge < -0.3 is 4.74 Å². The molecule has 0 aliphatic carbocycles. The van der Waals surface area contributed by atoms with Gasteiger partial charge in [-0.25, -0.2) is 19.6 Å². The van der Waals surface area contributed by atoms with E-state index in [1.165, 1.54) is 5.56 Å². The van der Waals surface area contributed by atoms with Crippen molar-refractivity contribution in [3.63, 3.8) is 0 Å². The summed E-state index contributed by atoms with van der Waals surface area (Å²) in [5, 5.41) is 11.2. The summed E-state index contributed by atoms with van der Waals surface area (Å²) < 4.78 is 11.4. The number of hydrogen-bond donors (Lipinski definition) is 1. The summed E-state index contributed by atoms with van der Waals surface area (Å²) in [5.41, 5.74) is 5.21. The largest absolute Gasteiger partial charge is 0.473 e. The third-order valence-corrected chi connectivity index (χ3v) is 7.62. The van der Waals surface area contributed by atoms with E-state index in [0.717, 1.165) is 37.9 Å². The molecule has 212 valence electrons. The Morgan fingerprint density at radius 2 is 1.56 bits per heavy atom. The fraction of sp³-hybridized carbons (Fsp3) is 0.114. The molecule has 0 saturated carbocycles. The van der Waals surface area contributed by atoms with Crippen LogP contribution in [0.5, 0.6) is 11.5 Å². The summed E-state index contributed by atoms with van der Waals surface area (Å²) in [6.45, 7) is 6.60. The summed E-state index contributed by atoms with van der Waals surface area (Å²) in [6, 6.07) is 33.4. The molecule has 8 nitrogen and oxygen atoms in total. The van der Waals surface area contributed by atoms with Crippen LogP contribution in [0.3, 0.4) is 0 Å². The lowest BCUT2D eigenvalue weighted by atomic mass is 9.88. The number of imidazole rings is 1. The molecule has 0 spiro atoms. The highest BCUT2D eigenvalue weighted by atomic mass is 17.1. The molecule has 0 atom stereocenters. The van der Waals surface area contributed by atoms with Crippen LogP contribution < -0.4 is 9.30 Å². The van der Waals surface area contributed by atoms with E-state index in [2.05, 4.69) is 66.9 Å². The molecule has 8 heteroatoms. The van der Waals surface area contributed by atoms with Crippen LogP contribution in [0, 0.1) is 6.33 Å². The molecule has 0 radical (unpaired) electrons. The van der Waals surface area contributed by atoms with Crippen LogP contribution >= 0.6 is 0 Å². The number of carbonyl (C=O) groups excluding carboxylic acids is 1. The van der Waals surface area contributed by atoms with Gasteiger partial charge in [0.2, 0.25) is 0 Å². The van der Waals surface area contributed by atoms with E-state index >= 15 is 0 Å². The number of carbonyl (C=O) groups is 1. The Labute approximate surface area is 247 Å². The maximum atomic E-state index is 12.2. The standard InChI is InChI=1S/C35H28N4O4/c1-35(2,3)23-17-18-36-33(19-23)39-29-12-5-4-11-27(29)28-16-15-26(21-32(28)39)42-25-10-8-9-24(20-25)37-22-38(34(40)43-41)31-14-7-6-13-30(31)37/h4-21,41H,1-3H3. The summed E-state index contributed by atoms with van der Waals surface area (Å²) in [4.78, 5) is 20.9. The van der Waals surface area contributed by atoms with Crippen LogP contribution in [0.15, 0.2) is 109 Å². The molecule has 0 fully saturated rings. The summed E-state index contributed by atoms with van der Waals surface area (Å²) in [6.07, 6.45) is 3.88. The van der Waals surface area contributed by atoms with Crippen molar-refractivity contribution in [1.29, 1.82) is 0 Å². The van der Waals surface area contributed by atoms with Gasteiger partial charge >= 0.3 is 6.09 Å². The average molecular weight is 569 g/mol. The number of hydrogen-bond acceptors (Lipinski definition) is 5. The summed E-state index contributed by atoms with van der Waals surface area (Å²) in [5.74, 6) is 2.12. The molecule has 7 aromatic rings. The fourth-order valence-corrected chi connectivity index (χ4v) is 5.52. The van der Waals surface area contributed by atoms with Crippen molar-refractivity contribution in [1.82, 2.24) is 14.1 Å². The molecule has 0 unspecified atom stereocenters. The van der Waals surface area contributed by atoms with Crippen molar-refractivity contribution in [2.45, 2.75) is 26.2 Å². The molecule has 43 heavy (non-hydrogen) atoms. The Balaban J connectivity index is 1.32. The zero-order valence-corrected chi connectivity index (χ0v) is 23.9. The van der Waals surface area contributed by atoms with E-state index in [1.807, 2.05) is 66.9 Å². The Kier molecular flexibility index (Phi) is 6.22. The van der Waals surface area contributed by atoms with Gasteiger partial charge in [0.05, 0.1) is 27.8 Å². The number of aromatic nitrogens is 4. The van der Waals surface area contributed by atoms with Crippen LogP contribution in [0.1, 0.15) is 26.3 Å². The quantitative estimate of drug-likeness (QED) is 0.102. The van der Waals surface area contributed by atoms with Gasteiger partial charge in [-0.2, -0.15) is 0 Å². The van der Waals surface area contributed by atoms with E-state index in [9.17, 15) is 4.79 Å². The first-order chi connectivity index (χ1) is 20.8. The smallest absolute Gasteiger partial charge is 0.458 e. The zero-order valence-electron chi connectivity index (χ0n) is 23.9. The third kappa shape index (κ3) is 4.58. The number of ether oxygens (including phenoxy) is 1. The zero-order chi connectivity index (χ0) is 29.7. The van der Waals surface area contributed by atoms with Crippen molar-refractivity contribution in [3.8, 4) is 23.0 Å². The highest BCUT2D eigenvalue weighted by molar-refractivity contribution is 6.09. The van der Waals surface area contributed by atoms with Gasteiger partial charge in [0.15, 0.2) is 0 Å². The Morgan fingerprint density at radius 3 is 2.37 bits per heavy atom. The minimum absolute atomic E-state index is 0.0180. The Morgan fingerprint density at radius 1 is 0.814 bits per heavy atom. The van der Waals surface area contributed by atoms with Gasteiger partial charge in [0.1, 0.15) is 17.3 Å². The van der Waals surface area contributed by atoms with Crippen molar-refractivity contribution in [2.75, 3.05) is 0 Å². The number of fused-ring (bicyclic) bond motifs is 4. The topological polar surface area (TPSA) is 82.4 Å². The van der Waals surface area contributed by atoms with Crippen molar-refractivity contribution >= 4 is 38.9 Å². The van der Waals surface area contributed by atoms with E-state index in [0.29, 0.717) is 22.5 Å².